The van der Waals surface area contributed by atoms with Crippen LogP contribution >= 0.6 is 0 Å². The zero-order valence-corrected chi connectivity index (χ0v) is 19.8. The normalized spacial score (nSPS) is 15.1. The van der Waals surface area contributed by atoms with E-state index >= 15 is 0 Å². The van der Waals surface area contributed by atoms with Gasteiger partial charge in [-0.3, -0.25) is 14.8 Å². The SMILES string of the molecule is CCOc1ccc(NS(=O)(=O)c2ccc(OC)c([N+](=O)[O-])c2)cc1S(=O)(=O)N1CCCCC1. The Labute approximate surface area is 192 Å². The van der Waals surface area contributed by atoms with Crippen molar-refractivity contribution in [3.05, 3.63) is 46.5 Å². The third-order valence-corrected chi connectivity index (χ3v) is 8.38. The minimum Gasteiger partial charge on any atom is -0.492 e. The Morgan fingerprint density at radius 3 is 2.30 bits per heavy atom. The van der Waals surface area contributed by atoms with Crippen LogP contribution in [0, 0.1) is 10.1 Å². The van der Waals surface area contributed by atoms with Crippen LogP contribution in [-0.2, 0) is 20.0 Å². The monoisotopic (exact) mass is 499 g/mol. The molecule has 33 heavy (non-hydrogen) atoms. The van der Waals surface area contributed by atoms with Gasteiger partial charge in [0.2, 0.25) is 10.0 Å². The van der Waals surface area contributed by atoms with Crippen molar-refractivity contribution in [3.8, 4) is 11.5 Å². The van der Waals surface area contributed by atoms with E-state index in [0.29, 0.717) is 13.1 Å². The van der Waals surface area contributed by atoms with Gasteiger partial charge in [-0.05, 0) is 50.1 Å². The van der Waals surface area contributed by atoms with Crippen molar-refractivity contribution >= 4 is 31.4 Å². The third-order valence-electron chi connectivity index (χ3n) is 5.09. The number of benzene rings is 2. The molecule has 0 radical (unpaired) electrons. The largest absolute Gasteiger partial charge is 0.492 e. The number of sulfonamides is 2. The molecule has 2 aromatic carbocycles. The van der Waals surface area contributed by atoms with Gasteiger partial charge in [0.15, 0.2) is 5.75 Å². The lowest BCUT2D eigenvalue weighted by Gasteiger charge is -2.27. The number of nitro benzene ring substituents is 1. The predicted molar refractivity (Wildman–Crippen MR) is 121 cm³/mol. The molecule has 1 aliphatic rings. The van der Waals surface area contributed by atoms with Crippen molar-refractivity contribution in [2.24, 2.45) is 0 Å². The van der Waals surface area contributed by atoms with Gasteiger partial charge in [0.1, 0.15) is 10.6 Å². The molecule has 180 valence electrons. The summed E-state index contributed by atoms with van der Waals surface area (Å²) in [5.41, 5.74) is -0.534. The summed E-state index contributed by atoms with van der Waals surface area (Å²) in [5, 5.41) is 11.2. The molecule has 0 bridgehead atoms. The Morgan fingerprint density at radius 1 is 1.03 bits per heavy atom. The first-order valence-electron chi connectivity index (χ1n) is 10.2. The molecule has 3 rings (SSSR count). The molecule has 0 aliphatic carbocycles. The highest BCUT2D eigenvalue weighted by atomic mass is 32.2. The predicted octanol–water partition coefficient (Wildman–Crippen LogP) is 2.98. The molecule has 0 atom stereocenters. The minimum atomic E-state index is -4.27. The molecule has 1 saturated heterocycles. The number of hydrogen-bond donors (Lipinski definition) is 1. The molecule has 2 aromatic rings. The van der Waals surface area contributed by atoms with Crippen molar-refractivity contribution in [2.45, 2.75) is 36.0 Å². The van der Waals surface area contributed by atoms with Gasteiger partial charge in [0.05, 0.1) is 29.2 Å². The maximum Gasteiger partial charge on any atom is 0.312 e. The first kappa shape index (κ1) is 24.7. The number of piperidine rings is 1. The Kier molecular flexibility index (Phi) is 7.44. The minimum absolute atomic E-state index is 0.0208. The smallest absolute Gasteiger partial charge is 0.312 e. The van der Waals surface area contributed by atoms with E-state index in [4.69, 9.17) is 9.47 Å². The van der Waals surface area contributed by atoms with Gasteiger partial charge in [0, 0.05) is 19.2 Å². The molecule has 1 heterocycles. The molecular weight excluding hydrogens is 474 g/mol. The second-order valence-corrected chi connectivity index (χ2v) is 10.8. The summed E-state index contributed by atoms with van der Waals surface area (Å²) in [7, 11) is -6.95. The van der Waals surface area contributed by atoms with E-state index in [-0.39, 0.29) is 33.6 Å². The summed E-state index contributed by atoms with van der Waals surface area (Å²) < 4.78 is 66.3. The maximum absolute atomic E-state index is 13.2. The van der Waals surface area contributed by atoms with Crippen molar-refractivity contribution in [1.82, 2.24) is 4.31 Å². The zero-order valence-electron chi connectivity index (χ0n) is 18.2. The van der Waals surface area contributed by atoms with E-state index in [0.717, 1.165) is 31.4 Å². The fourth-order valence-corrected chi connectivity index (χ4v) is 6.23. The van der Waals surface area contributed by atoms with Gasteiger partial charge in [-0.2, -0.15) is 4.31 Å². The van der Waals surface area contributed by atoms with Gasteiger partial charge in [-0.15, -0.1) is 0 Å². The average Bonchev–Trinajstić information content (AvgIpc) is 2.80. The van der Waals surface area contributed by atoms with Crippen LogP contribution < -0.4 is 14.2 Å². The number of nitrogens with zero attached hydrogens (tertiary/aromatic N) is 2. The number of methoxy groups -OCH3 is 1. The van der Waals surface area contributed by atoms with Crippen molar-refractivity contribution < 1.29 is 31.2 Å². The van der Waals surface area contributed by atoms with Crippen molar-refractivity contribution in [1.29, 1.82) is 0 Å². The molecule has 1 N–H and O–H groups in total. The Morgan fingerprint density at radius 2 is 1.70 bits per heavy atom. The maximum atomic E-state index is 13.2. The topological polar surface area (TPSA) is 145 Å². The molecule has 0 aromatic heterocycles. The Hall–Kier alpha value is -2.90. The van der Waals surface area contributed by atoms with Gasteiger partial charge in [-0.25, -0.2) is 16.8 Å². The van der Waals surface area contributed by atoms with E-state index < -0.39 is 30.7 Å². The average molecular weight is 500 g/mol. The van der Waals surface area contributed by atoms with E-state index in [1.165, 1.54) is 35.7 Å². The van der Waals surface area contributed by atoms with Crippen molar-refractivity contribution in [2.75, 3.05) is 31.5 Å². The van der Waals surface area contributed by atoms with Crippen LogP contribution in [-0.4, -0.2) is 52.9 Å². The highest BCUT2D eigenvalue weighted by Crippen LogP contribution is 2.33. The van der Waals surface area contributed by atoms with E-state index in [1.807, 2.05) is 0 Å². The number of hydrogen-bond acceptors (Lipinski definition) is 8. The Bertz CT molecular complexity index is 1240. The lowest BCUT2D eigenvalue weighted by atomic mass is 10.2. The molecule has 0 amide bonds. The highest BCUT2D eigenvalue weighted by Gasteiger charge is 2.30. The number of ether oxygens (including phenoxy) is 2. The summed E-state index contributed by atoms with van der Waals surface area (Å²) in [4.78, 5) is 9.98. The third kappa shape index (κ3) is 5.37. The lowest BCUT2D eigenvalue weighted by molar-refractivity contribution is -0.386. The highest BCUT2D eigenvalue weighted by molar-refractivity contribution is 7.92. The molecule has 1 fully saturated rings. The van der Waals surface area contributed by atoms with Crippen LogP contribution in [0.2, 0.25) is 0 Å². The van der Waals surface area contributed by atoms with Crippen LogP contribution in [0.15, 0.2) is 46.2 Å². The standard InChI is InChI=1S/C20H25N3O8S2/c1-3-31-19-9-7-15(13-20(19)33(28,29)22-11-5-4-6-12-22)21-32(26,27)16-8-10-18(30-2)17(14-16)23(24)25/h7-10,13-14,21H,3-6,11-12H2,1-2H3. The molecule has 1 aliphatic heterocycles. The first-order chi connectivity index (χ1) is 15.6. The molecule has 0 unspecified atom stereocenters. The summed E-state index contributed by atoms with van der Waals surface area (Å²) >= 11 is 0. The summed E-state index contributed by atoms with van der Waals surface area (Å²) in [6.45, 7) is 2.69. The van der Waals surface area contributed by atoms with Crippen LogP contribution in [0.4, 0.5) is 11.4 Å². The fraction of sp³-hybridized carbons (Fsp3) is 0.400. The van der Waals surface area contributed by atoms with Gasteiger partial charge < -0.3 is 9.47 Å². The summed E-state index contributed by atoms with van der Waals surface area (Å²) in [6, 6.07) is 7.17. The van der Waals surface area contributed by atoms with E-state index in [9.17, 15) is 26.9 Å². The Balaban J connectivity index is 1.99. The molecular formula is C20H25N3O8S2. The van der Waals surface area contributed by atoms with Gasteiger partial charge in [0.25, 0.3) is 10.0 Å². The summed E-state index contributed by atoms with van der Waals surface area (Å²) in [5.74, 6) is 0.0287. The lowest BCUT2D eigenvalue weighted by Crippen LogP contribution is -2.35. The number of rotatable bonds is 9. The number of anilines is 1. The fourth-order valence-electron chi connectivity index (χ4n) is 3.49. The van der Waals surface area contributed by atoms with Crippen LogP contribution in [0.5, 0.6) is 11.5 Å². The second-order valence-electron chi connectivity index (χ2n) is 7.26. The van der Waals surface area contributed by atoms with Gasteiger partial charge in [-0.1, -0.05) is 6.42 Å². The van der Waals surface area contributed by atoms with Crippen LogP contribution in [0.25, 0.3) is 0 Å². The molecule has 0 saturated carbocycles. The van der Waals surface area contributed by atoms with Crippen LogP contribution in [0.3, 0.4) is 0 Å². The zero-order chi connectivity index (χ0) is 24.2. The number of nitro groups is 1. The molecule has 13 heteroatoms. The first-order valence-corrected chi connectivity index (χ1v) is 13.1. The van der Waals surface area contributed by atoms with Crippen molar-refractivity contribution in [3.63, 3.8) is 0 Å². The van der Waals surface area contributed by atoms with E-state index in [2.05, 4.69) is 4.72 Å². The second kappa shape index (κ2) is 9.93. The summed E-state index contributed by atoms with van der Waals surface area (Å²) in [6.07, 6.45) is 2.43. The number of nitrogens with one attached hydrogen (secondary N) is 1. The molecule has 0 spiro atoms. The van der Waals surface area contributed by atoms with Crippen LogP contribution in [0.1, 0.15) is 26.2 Å². The van der Waals surface area contributed by atoms with E-state index in [1.54, 1.807) is 6.92 Å². The quantitative estimate of drug-likeness (QED) is 0.409. The van der Waals surface area contributed by atoms with Gasteiger partial charge >= 0.3 is 5.69 Å². The molecule has 11 nitrogen and oxygen atoms in total.